The lowest BCUT2D eigenvalue weighted by atomic mass is 10.2. The Kier molecular flexibility index (Phi) is 6.13. The smallest absolute Gasteiger partial charge is 0.358 e. The van der Waals surface area contributed by atoms with E-state index in [4.69, 9.17) is 4.74 Å². The van der Waals surface area contributed by atoms with Crippen molar-refractivity contribution in [2.24, 2.45) is 0 Å². The van der Waals surface area contributed by atoms with Crippen molar-refractivity contribution in [3.8, 4) is 10.6 Å². The topological polar surface area (TPSA) is 97.4 Å². The highest BCUT2D eigenvalue weighted by molar-refractivity contribution is 7.13. The minimum Gasteiger partial charge on any atom is -0.451 e. The lowest BCUT2D eigenvalue weighted by molar-refractivity contribution is -0.119. The van der Waals surface area contributed by atoms with Crippen molar-refractivity contribution < 1.29 is 19.1 Å². The number of carbonyl (C=O) groups excluding carboxylic acids is 3. The van der Waals surface area contributed by atoms with E-state index < -0.39 is 18.5 Å². The molecule has 0 bridgehead atoms. The van der Waals surface area contributed by atoms with Crippen molar-refractivity contribution in [3.63, 3.8) is 0 Å². The summed E-state index contributed by atoms with van der Waals surface area (Å²) in [5, 5.41) is 7.41. The van der Waals surface area contributed by atoms with Crippen LogP contribution in [0, 0.1) is 0 Å². The van der Waals surface area contributed by atoms with Crippen LogP contribution in [0.15, 0.2) is 60.0 Å². The third-order valence-corrected chi connectivity index (χ3v) is 4.62. The first-order valence-electron chi connectivity index (χ1n) is 8.37. The highest BCUT2D eigenvalue weighted by Crippen LogP contribution is 2.23. The predicted octanol–water partition coefficient (Wildman–Crippen LogP) is 2.97. The molecule has 1 heterocycles. The van der Waals surface area contributed by atoms with E-state index >= 15 is 0 Å². The molecule has 0 atom stereocenters. The van der Waals surface area contributed by atoms with Gasteiger partial charge in [-0.15, -0.1) is 11.3 Å². The molecule has 0 saturated heterocycles. The van der Waals surface area contributed by atoms with Crippen molar-refractivity contribution in [1.82, 2.24) is 10.3 Å². The van der Waals surface area contributed by atoms with E-state index in [2.05, 4.69) is 15.6 Å². The zero-order valence-electron chi connectivity index (χ0n) is 15.0. The molecule has 0 aliphatic heterocycles. The highest BCUT2D eigenvalue weighted by Gasteiger charge is 2.15. The maximum Gasteiger partial charge on any atom is 0.358 e. The van der Waals surface area contributed by atoms with Crippen molar-refractivity contribution >= 4 is 34.8 Å². The number of hydrogen-bond acceptors (Lipinski definition) is 6. The van der Waals surface area contributed by atoms with Crippen LogP contribution in [-0.4, -0.2) is 36.4 Å². The van der Waals surface area contributed by atoms with Gasteiger partial charge in [0.1, 0.15) is 5.01 Å². The maximum atomic E-state index is 12.1. The van der Waals surface area contributed by atoms with Crippen LogP contribution in [0.5, 0.6) is 0 Å². The van der Waals surface area contributed by atoms with Gasteiger partial charge in [-0.1, -0.05) is 30.3 Å². The SMILES string of the molecule is CNC(=O)c1ccc(NC(=O)COC(=O)c2csc(-c3ccccc3)n2)cc1. The summed E-state index contributed by atoms with van der Waals surface area (Å²) in [6, 6.07) is 15.8. The normalized spacial score (nSPS) is 10.2. The van der Waals surface area contributed by atoms with Crippen molar-refractivity contribution in [2.75, 3.05) is 19.0 Å². The summed E-state index contributed by atoms with van der Waals surface area (Å²) in [7, 11) is 1.54. The van der Waals surface area contributed by atoms with Gasteiger partial charge in [-0.05, 0) is 24.3 Å². The number of amides is 2. The number of carbonyl (C=O) groups is 3. The molecule has 142 valence electrons. The van der Waals surface area contributed by atoms with Gasteiger partial charge in [-0.25, -0.2) is 9.78 Å². The first-order chi connectivity index (χ1) is 13.6. The van der Waals surface area contributed by atoms with Gasteiger partial charge in [-0.3, -0.25) is 9.59 Å². The van der Waals surface area contributed by atoms with Crippen LogP contribution in [0.25, 0.3) is 10.6 Å². The molecule has 0 saturated carbocycles. The Bertz CT molecular complexity index is 984. The Morgan fingerprint density at radius 2 is 1.75 bits per heavy atom. The molecule has 0 fully saturated rings. The molecule has 3 aromatic rings. The van der Waals surface area contributed by atoms with Gasteiger partial charge < -0.3 is 15.4 Å². The number of nitrogens with zero attached hydrogens (tertiary/aromatic N) is 1. The van der Waals surface area contributed by atoms with Crippen LogP contribution >= 0.6 is 11.3 Å². The molecule has 1 aromatic heterocycles. The van der Waals surface area contributed by atoms with Crippen molar-refractivity contribution in [3.05, 3.63) is 71.2 Å². The molecule has 7 nitrogen and oxygen atoms in total. The van der Waals surface area contributed by atoms with Crippen molar-refractivity contribution in [2.45, 2.75) is 0 Å². The predicted molar refractivity (Wildman–Crippen MR) is 106 cm³/mol. The number of rotatable bonds is 6. The van der Waals surface area contributed by atoms with Crippen LogP contribution in [-0.2, 0) is 9.53 Å². The van der Waals surface area contributed by atoms with E-state index in [0.717, 1.165) is 5.56 Å². The van der Waals surface area contributed by atoms with Gasteiger partial charge >= 0.3 is 5.97 Å². The van der Waals surface area contributed by atoms with Crippen LogP contribution in [0.1, 0.15) is 20.8 Å². The van der Waals surface area contributed by atoms with Gasteiger partial charge in [0, 0.05) is 29.2 Å². The Hall–Kier alpha value is -3.52. The number of nitrogens with one attached hydrogen (secondary N) is 2. The van der Waals surface area contributed by atoms with E-state index in [1.807, 2.05) is 30.3 Å². The summed E-state index contributed by atoms with van der Waals surface area (Å²) in [5.41, 5.74) is 2.04. The number of aromatic nitrogens is 1. The minimum absolute atomic E-state index is 0.159. The van der Waals surface area contributed by atoms with E-state index in [1.54, 1.807) is 29.6 Å². The second-order valence-corrected chi connectivity index (χ2v) is 6.54. The maximum absolute atomic E-state index is 12.1. The molecule has 2 N–H and O–H groups in total. The average molecular weight is 395 g/mol. The lowest BCUT2D eigenvalue weighted by Gasteiger charge is -2.06. The zero-order chi connectivity index (χ0) is 19.9. The lowest BCUT2D eigenvalue weighted by Crippen LogP contribution is -2.21. The number of benzene rings is 2. The average Bonchev–Trinajstić information content (AvgIpc) is 3.23. The van der Waals surface area contributed by atoms with E-state index in [1.165, 1.54) is 18.4 Å². The highest BCUT2D eigenvalue weighted by atomic mass is 32.1. The summed E-state index contributed by atoms with van der Waals surface area (Å²) < 4.78 is 5.02. The summed E-state index contributed by atoms with van der Waals surface area (Å²) in [6.45, 7) is -0.436. The van der Waals surface area contributed by atoms with E-state index in [0.29, 0.717) is 16.3 Å². The summed E-state index contributed by atoms with van der Waals surface area (Å²) >= 11 is 1.33. The molecule has 28 heavy (non-hydrogen) atoms. The van der Waals surface area contributed by atoms with Gasteiger partial charge in [-0.2, -0.15) is 0 Å². The Morgan fingerprint density at radius 1 is 1.04 bits per heavy atom. The first-order valence-corrected chi connectivity index (χ1v) is 9.25. The number of esters is 1. The van der Waals surface area contributed by atoms with Gasteiger partial charge in [0.15, 0.2) is 12.3 Å². The van der Waals surface area contributed by atoms with Gasteiger partial charge in [0.05, 0.1) is 0 Å². The molecule has 2 amide bonds. The Labute approximate surface area is 165 Å². The van der Waals surface area contributed by atoms with Crippen LogP contribution in [0.3, 0.4) is 0 Å². The Balaban J connectivity index is 1.52. The molecule has 2 aromatic carbocycles. The first kappa shape index (κ1) is 19.2. The van der Waals surface area contributed by atoms with Crippen molar-refractivity contribution in [1.29, 1.82) is 0 Å². The summed E-state index contributed by atoms with van der Waals surface area (Å²) in [5.74, 6) is -1.37. The zero-order valence-corrected chi connectivity index (χ0v) is 15.8. The third kappa shape index (κ3) is 4.80. The number of thiazole rings is 1. The third-order valence-electron chi connectivity index (χ3n) is 3.73. The van der Waals surface area contributed by atoms with E-state index in [-0.39, 0.29) is 11.6 Å². The quantitative estimate of drug-likeness (QED) is 0.626. The number of anilines is 1. The van der Waals surface area contributed by atoms with Crippen LogP contribution < -0.4 is 10.6 Å². The fraction of sp³-hybridized carbons (Fsp3) is 0.100. The number of hydrogen-bond donors (Lipinski definition) is 2. The fourth-order valence-electron chi connectivity index (χ4n) is 2.33. The summed E-state index contributed by atoms with van der Waals surface area (Å²) in [6.07, 6.45) is 0. The molecule has 0 aliphatic rings. The monoisotopic (exact) mass is 395 g/mol. The molecule has 0 spiro atoms. The Morgan fingerprint density at radius 3 is 2.43 bits per heavy atom. The minimum atomic E-state index is -0.663. The largest absolute Gasteiger partial charge is 0.451 e. The molecule has 8 heteroatoms. The second-order valence-electron chi connectivity index (χ2n) is 5.68. The standard InChI is InChI=1S/C20H17N3O4S/c1-21-18(25)13-7-9-15(10-8-13)22-17(24)11-27-20(26)16-12-28-19(23-16)14-5-3-2-4-6-14/h2-10,12H,11H2,1H3,(H,21,25)(H,22,24). The van der Waals surface area contributed by atoms with E-state index in [9.17, 15) is 14.4 Å². The second kappa shape index (κ2) is 8.92. The molecule has 0 unspecified atom stereocenters. The van der Waals surface area contributed by atoms with Gasteiger partial charge in [0.25, 0.3) is 11.8 Å². The molecular formula is C20H17N3O4S. The molecular weight excluding hydrogens is 378 g/mol. The molecule has 0 aliphatic carbocycles. The molecule has 0 radical (unpaired) electrons. The molecule has 3 rings (SSSR count). The van der Waals surface area contributed by atoms with Crippen LogP contribution in [0.2, 0.25) is 0 Å². The number of ether oxygens (including phenoxy) is 1. The fourth-order valence-corrected chi connectivity index (χ4v) is 3.13. The van der Waals surface area contributed by atoms with Gasteiger partial charge in [0.2, 0.25) is 0 Å². The van der Waals surface area contributed by atoms with Crippen LogP contribution in [0.4, 0.5) is 5.69 Å². The summed E-state index contributed by atoms with van der Waals surface area (Å²) in [4.78, 5) is 39.8.